The molecule has 20 heavy (non-hydrogen) atoms. The average molecular weight is 267 g/mol. The van der Waals surface area contributed by atoms with Crippen molar-refractivity contribution in [3.8, 4) is 0 Å². The van der Waals surface area contributed by atoms with Crippen LogP contribution < -0.4 is 5.32 Å². The summed E-state index contributed by atoms with van der Waals surface area (Å²) in [6.07, 6.45) is 3.59. The Bertz CT molecular complexity index is 578. The molecule has 0 saturated heterocycles. The molecule has 1 aromatic heterocycles. The number of hydrogen-bond acceptors (Lipinski definition) is 4. The van der Waals surface area contributed by atoms with Crippen LogP contribution in [0.2, 0.25) is 0 Å². The zero-order valence-electron chi connectivity index (χ0n) is 11.2. The molecule has 0 bridgehead atoms. The summed E-state index contributed by atoms with van der Waals surface area (Å²) in [4.78, 5) is 8.47. The first-order valence-electron chi connectivity index (χ1n) is 6.76. The number of amidine groups is 1. The van der Waals surface area contributed by atoms with E-state index in [2.05, 4.69) is 39.6 Å². The number of rotatable bonds is 5. The second-order valence-corrected chi connectivity index (χ2v) is 4.71. The molecule has 4 heteroatoms. The molecule has 2 heterocycles. The van der Waals surface area contributed by atoms with Crippen molar-refractivity contribution in [1.82, 2.24) is 10.3 Å². The van der Waals surface area contributed by atoms with E-state index in [-0.39, 0.29) is 0 Å². The Kier molecular flexibility index (Phi) is 4.04. The quantitative estimate of drug-likeness (QED) is 0.903. The van der Waals surface area contributed by atoms with Crippen molar-refractivity contribution in [2.24, 2.45) is 4.99 Å². The molecule has 2 aromatic rings. The van der Waals surface area contributed by atoms with Crippen LogP contribution in [0.3, 0.4) is 0 Å². The van der Waals surface area contributed by atoms with Crippen LogP contribution >= 0.6 is 0 Å². The van der Waals surface area contributed by atoms with Crippen molar-refractivity contribution in [3.05, 3.63) is 65.5 Å². The average Bonchev–Trinajstić information content (AvgIpc) is 3.03. The number of benzene rings is 1. The van der Waals surface area contributed by atoms with Crippen molar-refractivity contribution in [2.45, 2.75) is 13.2 Å². The van der Waals surface area contributed by atoms with Gasteiger partial charge in [0.15, 0.2) is 0 Å². The van der Waals surface area contributed by atoms with Gasteiger partial charge < -0.3 is 10.1 Å². The summed E-state index contributed by atoms with van der Waals surface area (Å²) >= 11 is 0. The third-order valence-corrected chi connectivity index (χ3v) is 3.16. The van der Waals surface area contributed by atoms with E-state index in [1.54, 1.807) is 6.20 Å². The SMILES string of the molecule is c1cncc(COCc2ccc(C3=NCCN3)cc2)c1. The van der Waals surface area contributed by atoms with Gasteiger partial charge in [-0.1, -0.05) is 30.3 Å². The van der Waals surface area contributed by atoms with E-state index in [0.717, 1.165) is 35.6 Å². The smallest absolute Gasteiger partial charge is 0.128 e. The predicted octanol–water partition coefficient (Wildman–Crippen LogP) is 2.15. The molecule has 4 nitrogen and oxygen atoms in total. The summed E-state index contributed by atoms with van der Waals surface area (Å²) in [6.45, 7) is 3.00. The minimum absolute atomic E-state index is 0.587. The second kappa shape index (κ2) is 6.30. The van der Waals surface area contributed by atoms with E-state index in [9.17, 15) is 0 Å². The van der Waals surface area contributed by atoms with Gasteiger partial charge in [0.1, 0.15) is 5.84 Å². The van der Waals surface area contributed by atoms with Crippen LogP contribution in [0.4, 0.5) is 0 Å². The molecule has 0 amide bonds. The van der Waals surface area contributed by atoms with Crippen molar-refractivity contribution < 1.29 is 4.74 Å². The maximum Gasteiger partial charge on any atom is 0.128 e. The first kappa shape index (κ1) is 12.8. The monoisotopic (exact) mass is 267 g/mol. The van der Waals surface area contributed by atoms with Gasteiger partial charge in [0.25, 0.3) is 0 Å². The molecule has 0 unspecified atom stereocenters. The van der Waals surface area contributed by atoms with Gasteiger partial charge in [-0.2, -0.15) is 0 Å². The zero-order chi connectivity index (χ0) is 13.6. The molecule has 0 fully saturated rings. The van der Waals surface area contributed by atoms with E-state index < -0.39 is 0 Å². The largest absolute Gasteiger partial charge is 0.372 e. The molecule has 102 valence electrons. The highest BCUT2D eigenvalue weighted by molar-refractivity contribution is 5.99. The topological polar surface area (TPSA) is 46.5 Å². The lowest BCUT2D eigenvalue weighted by atomic mass is 10.1. The summed E-state index contributed by atoms with van der Waals surface area (Å²) in [7, 11) is 0. The molecular formula is C16H17N3O. The third kappa shape index (κ3) is 3.22. The molecule has 3 rings (SSSR count). The number of aromatic nitrogens is 1. The van der Waals surface area contributed by atoms with Crippen molar-refractivity contribution >= 4 is 5.84 Å². The summed E-state index contributed by atoms with van der Waals surface area (Å²) in [5.41, 5.74) is 3.39. The van der Waals surface area contributed by atoms with Gasteiger partial charge in [-0.05, 0) is 17.2 Å². The lowest BCUT2D eigenvalue weighted by molar-refractivity contribution is 0.107. The number of nitrogens with one attached hydrogen (secondary N) is 1. The Hall–Kier alpha value is -2.20. The Balaban J connectivity index is 1.53. The fraction of sp³-hybridized carbons (Fsp3) is 0.250. The first-order chi connectivity index (χ1) is 9.92. The predicted molar refractivity (Wildman–Crippen MR) is 78.6 cm³/mol. The molecule has 0 saturated carbocycles. The highest BCUT2D eigenvalue weighted by Gasteiger charge is 2.07. The van der Waals surface area contributed by atoms with E-state index in [0.29, 0.717) is 13.2 Å². The lowest BCUT2D eigenvalue weighted by Crippen LogP contribution is -2.19. The zero-order valence-corrected chi connectivity index (χ0v) is 11.2. The molecule has 1 aliphatic rings. The van der Waals surface area contributed by atoms with Crippen molar-refractivity contribution in [2.75, 3.05) is 13.1 Å². The molecule has 0 aliphatic carbocycles. The normalized spacial score (nSPS) is 13.9. The standard InChI is InChI=1S/C16H17N3O/c1-2-14(10-17-7-1)12-20-11-13-3-5-15(6-4-13)16-18-8-9-19-16/h1-7,10H,8-9,11-12H2,(H,18,19). The molecule has 0 atom stereocenters. The minimum Gasteiger partial charge on any atom is -0.372 e. The Labute approximate surface area is 118 Å². The van der Waals surface area contributed by atoms with Crippen LogP contribution in [0.1, 0.15) is 16.7 Å². The maximum atomic E-state index is 5.69. The van der Waals surface area contributed by atoms with E-state index in [1.807, 2.05) is 18.3 Å². The summed E-state index contributed by atoms with van der Waals surface area (Å²) < 4.78 is 5.69. The van der Waals surface area contributed by atoms with E-state index in [1.165, 1.54) is 0 Å². The highest BCUT2D eigenvalue weighted by Crippen LogP contribution is 2.09. The van der Waals surface area contributed by atoms with Crippen molar-refractivity contribution in [1.29, 1.82) is 0 Å². The van der Waals surface area contributed by atoms with Crippen LogP contribution in [0.25, 0.3) is 0 Å². The molecule has 1 N–H and O–H groups in total. The molecule has 0 radical (unpaired) electrons. The molecule has 0 spiro atoms. The summed E-state index contributed by atoms with van der Waals surface area (Å²) in [6, 6.07) is 12.3. The van der Waals surface area contributed by atoms with E-state index in [4.69, 9.17) is 4.74 Å². The van der Waals surface area contributed by atoms with Crippen LogP contribution in [-0.4, -0.2) is 23.9 Å². The van der Waals surface area contributed by atoms with Crippen molar-refractivity contribution in [3.63, 3.8) is 0 Å². The number of pyridine rings is 1. The van der Waals surface area contributed by atoms with Gasteiger partial charge in [-0.25, -0.2) is 0 Å². The van der Waals surface area contributed by atoms with Gasteiger partial charge in [0, 0.05) is 24.5 Å². The minimum atomic E-state index is 0.587. The van der Waals surface area contributed by atoms with Gasteiger partial charge in [0.2, 0.25) is 0 Å². The van der Waals surface area contributed by atoms with Crippen LogP contribution in [0.15, 0.2) is 53.8 Å². The molecular weight excluding hydrogens is 250 g/mol. The Morgan fingerprint density at radius 3 is 2.60 bits per heavy atom. The number of hydrogen-bond donors (Lipinski definition) is 1. The number of ether oxygens (including phenoxy) is 1. The number of aliphatic imine (C=N–C) groups is 1. The fourth-order valence-electron chi connectivity index (χ4n) is 2.12. The lowest BCUT2D eigenvalue weighted by Gasteiger charge is -2.06. The van der Waals surface area contributed by atoms with Crippen LogP contribution in [0.5, 0.6) is 0 Å². The summed E-state index contributed by atoms with van der Waals surface area (Å²) in [5.74, 6) is 0.993. The maximum absolute atomic E-state index is 5.69. The Morgan fingerprint density at radius 1 is 1.05 bits per heavy atom. The van der Waals surface area contributed by atoms with Gasteiger partial charge in [-0.15, -0.1) is 0 Å². The number of nitrogens with zero attached hydrogens (tertiary/aromatic N) is 2. The summed E-state index contributed by atoms with van der Waals surface area (Å²) in [5, 5.41) is 3.27. The highest BCUT2D eigenvalue weighted by atomic mass is 16.5. The second-order valence-electron chi connectivity index (χ2n) is 4.71. The van der Waals surface area contributed by atoms with Gasteiger partial charge >= 0.3 is 0 Å². The van der Waals surface area contributed by atoms with Crippen LogP contribution in [-0.2, 0) is 18.0 Å². The van der Waals surface area contributed by atoms with Gasteiger partial charge in [-0.3, -0.25) is 9.98 Å². The Morgan fingerprint density at radius 2 is 1.90 bits per heavy atom. The molecule has 1 aliphatic heterocycles. The van der Waals surface area contributed by atoms with Gasteiger partial charge in [0.05, 0.1) is 19.8 Å². The first-order valence-corrected chi connectivity index (χ1v) is 6.76. The fourth-order valence-corrected chi connectivity index (χ4v) is 2.12. The third-order valence-electron chi connectivity index (χ3n) is 3.16. The molecule has 1 aromatic carbocycles. The van der Waals surface area contributed by atoms with E-state index >= 15 is 0 Å². The van der Waals surface area contributed by atoms with Crippen LogP contribution in [0, 0.1) is 0 Å².